The van der Waals surface area contributed by atoms with Crippen LogP contribution in [0.5, 0.6) is 0 Å². The normalized spacial score (nSPS) is 16.0. The standard InChI is InChI=1S/C12H19N3O/c1-4-15(8-9(2)5-13)12(16)10(3)11-6-14-7-11/h9,14H,4,6-8H2,1-3H3. The minimum Gasteiger partial charge on any atom is -0.338 e. The molecule has 0 radical (unpaired) electrons. The summed E-state index contributed by atoms with van der Waals surface area (Å²) >= 11 is 0. The summed E-state index contributed by atoms with van der Waals surface area (Å²) in [4.78, 5) is 13.8. The molecule has 1 atom stereocenters. The van der Waals surface area contributed by atoms with Crippen LogP contribution in [-0.2, 0) is 4.79 Å². The second-order valence-electron chi connectivity index (χ2n) is 4.21. The summed E-state index contributed by atoms with van der Waals surface area (Å²) in [6.45, 7) is 8.47. The molecule has 88 valence electrons. The number of rotatable bonds is 4. The fraction of sp³-hybridized carbons (Fsp3) is 0.667. The molecule has 0 aromatic heterocycles. The molecule has 1 unspecified atom stereocenters. The molecular weight excluding hydrogens is 202 g/mol. The molecule has 4 heteroatoms. The third kappa shape index (κ3) is 2.83. The van der Waals surface area contributed by atoms with Gasteiger partial charge in [0.2, 0.25) is 5.91 Å². The van der Waals surface area contributed by atoms with Gasteiger partial charge in [0.05, 0.1) is 12.0 Å². The molecule has 1 aliphatic rings. The molecule has 0 saturated carbocycles. The topological polar surface area (TPSA) is 56.1 Å². The zero-order chi connectivity index (χ0) is 12.1. The minimum atomic E-state index is -0.110. The fourth-order valence-corrected chi connectivity index (χ4v) is 1.63. The van der Waals surface area contributed by atoms with Crippen molar-refractivity contribution >= 4 is 5.91 Å². The summed E-state index contributed by atoms with van der Waals surface area (Å²) in [5.41, 5.74) is 2.03. The van der Waals surface area contributed by atoms with Gasteiger partial charge in [-0.2, -0.15) is 5.26 Å². The molecule has 0 spiro atoms. The van der Waals surface area contributed by atoms with Crippen LogP contribution in [0.1, 0.15) is 20.8 Å². The predicted molar refractivity (Wildman–Crippen MR) is 62.6 cm³/mol. The summed E-state index contributed by atoms with van der Waals surface area (Å²) in [6.07, 6.45) is 0. The van der Waals surface area contributed by atoms with E-state index in [1.165, 1.54) is 5.57 Å². The Morgan fingerprint density at radius 1 is 1.62 bits per heavy atom. The van der Waals surface area contributed by atoms with E-state index >= 15 is 0 Å². The highest BCUT2D eigenvalue weighted by molar-refractivity contribution is 5.94. The minimum absolute atomic E-state index is 0.0705. The number of carbonyl (C=O) groups is 1. The van der Waals surface area contributed by atoms with E-state index in [1.807, 2.05) is 20.8 Å². The van der Waals surface area contributed by atoms with Gasteiger partial charge in [-0.15, -0.1) is 0 Å². The lowest BCUT2D eigenvalue weighted by atomic mass is 10.0. The Hall–Kier alpha value is -1.34. The Kier molecular flexibility index (Phi) is 4.51. The summed E-state index contributed by atoms with van der Waals surface area (Å²) in [6, 6.07) is 2.16. The van der Waals surface area contributed by atoms with Crippen LogP contribution in [0, 0.1) is 17.2 Å². The van der Waals surface area contributed by atoms with Gasteiger partial charge < -0.3 is 10.2 Å². The predicted octanol–water partition coefficient (Wildman–Crippen LogP) is 0.914. The Bertz CT molecular complexity index is 335. The number of carbonyl (C=O) groups excluding carboxylic acids is 1. The third-order valence-electron chi connectivity index (χ3n) is 2.91. The lowest BCUT2D eigenvalue weighted by molar-refractivity contribution is -0.127. The molecule has 1 amide bonds. The van der Waals surface area contributed by atoms with E-state index in [0.717, 1.165) is 18.7 Å². The van der Waals surface area contributed by atoms with Crippen molar-refractivity contribution < 1.29 is 4.79 Å². The first-order valence-electron chi connectivity index (χ1n) is 5.68. The molecule has 16 heavy (non-hydrogen) atoms. The quantitative estimate of drug-likeness (QED) is 0.718. The average molecular weight is 221 g/mol. The van der Waals surface area contributed by atoms with Crippen LogP contribution in [0.25, 0.3) is 0 Å². The van der Waals surface area contributed by atoms with E-state index < -0.39 is 0 Å². The first kappa shape index (κ1) is 12.7. The monoisotopic (exact) mass is 221 g/mol. The molecule has 1 saturated heterocycles. The third-order valence-corrected chi connectivity index (χ3v) is 2.91. The highest BCUT2D eigenvalue weighted by Crippen LogP contribution is 2.12. The fourth-order valence-electron chi connectivity index (χ4n) is 1.63. The molecule has 1 N–H and O–H groups in total. The van der Waals surface area contributed by atoms with Crippen molar-refractivity contribution in [2.75, 3.05) is 26.2 Å². The number of nitrogens with zero attached hydrogens (tertiary/aromatic N) is 2. The molecule has 0 aromatic carbocycles. The zero-order valence-corrected chi connectivity index (χ0v) is 10.2. The lowest BCUT2D eigenvalue weighted by Crippen LogP contribution is -2.40. The maximum atomic E-state index is 12.1. The van der Waals surface area contributed by atoms with E-state index in [9.17, 15) is 4.79 Å². The highest BCUT2D eigenvalue weighted by atomic mass is 16.2. The molecular formula is C12H19N3O. The number of likely N-dealkylation sites (N-methyl/N-ethyl adjacent to an activating group) is 1. The summed E-state index contributed by atoms with van der Waals surface area (Å²) in [5, 5.41) is 11.9. The molecule has 4 nitrogen and oxygen atoms in total. The largest absolute Gasteiger partial charge is 0.338 e. The number of hydrogen-bond acceptors (Lipinski definition) is 3. The Morgan fingerprint density at radius 2 is 2.25 bits per heavy atom. The van der Waals surface area contributed by atoms with Gasteiger partial charge in [0.15, 0.2) is 0 Å². The van der Waals surface area contributed by atoms with Gasteiger partial charge in [-0.1, -0.05) is 0 Å². The molecule has 0 aliphatic carbocycles. The first-order valence-corrected chi connectivity index (χ1v) is 5.68. The smallest absolute Gasteiger partial charge is 0.249 e. The van der Waals surface area contributed by atoms with Gasteiger partial charge in [-0.25, -0.2) is 0 Å². The van der Waals surface area contributed by atoms with Gasteiger partial charge in [0, 0.05) is 31.8 Å². The van der Waals surface area contributed by atoms with Crippen LogP contribution in [0.4, 0.5) is 0 Å². The van der Waals surface area contributed by atoms with E-state index in [0.29, 0.717) is 13.1 Å². The van der Waals surface area contributed by atoms with Crippen molar-refractivity contribution in [3.05, 3.63) is 11.1 Å². The van der Waals surface area contributed by atoms with E-state index in [2.05, 4.69) is 11.4 Å². The van der Waals surface area contributed by atoms with Crippen molar-refractivity contribution in [1.82, 2.24) is 10.2 Å². The first-order chi connectivity index (χ1) is 7.60. The van der Waals surface area contributed by atoms with Gasteiger partial charge in [-0.3, -0.25) is 4.79 Å². The zero-order valence-electron chi connectivity index (χ0n) is 10.2. The lowest BCUT2D eigenvalue weighted by Gasteiger charge is -2.26. The molecule has 0 bridgehead atoms. The number of amides is 1. The van der Waals surface area contributed by atoms with E-state index in [-0.39, 0.29) is 11.8 Å². The van der Waals surface area contributed by atoms with Crippen molar-refractivity contribution in [1.29, 1.82) is 5.26 Å². The SMILES string of the molecule is CCN(CC(C)C#N)C(=O)C(C)=C1CNC1. The molecule has 0 aromatic rings. The van der Waals surface area contributed by atoms with Crippen molar-refractivity contribution in [3.8, 4) is 6.07 Å². The van der Waals surface area contributed by atoms with Crippen molar-refractivity contribution in [2.24, 2.45) is 5.92 Å². The maximum Gasteiger partial charge on any atom is 0.249 e. The summed E-state index contributed by atoms with van der Waals surface area (Å²) in [5.74, 6) is -0.0395. The highest BCUT2D eigenvalue weighted by Gasteiger charge is 2.21. The van der Waals surface area contributed by atoms with Crippen LogP contribution in [0.2, 0.25) is 0 Å². The van der Waals surface area contributed by atoms with Crippen molar-refractivity contribution in [2.45, 2.75) is 20.8 Å². The average Bonchev–Trinajstić information content (AvgIpc) is 2.21. The van der Waals surface area contributed by atoms with Crippen LogP contribution >= 0.6 is 0 Å². The van der Waals surface area contributed by atoms with Crippen molar-refractivity contribution in [3.63, 3.8) is 0 Å². The van der Waals surface area contributed by atoms with E-state index in [1.54, 1.807) is 4.90 Å². The van der Waals surface area contributed by atoms with Crippen LogP contribution in [0.15, 0.2) is 11.1 Å². The van der Waals surface area contributed by atoms with Gasteiger partial charge >= 0.3 is 0 Å². The number of nitrogens with one attached hydrogen (secondary N) is 1. The summed E-state index contributed by atoms with van der Waals surface area (Å²) < 4.78 is 0. The van der Waals surface area contributed by atoms with Gasteiger partial charge in [-0.05, 0) is 26.3 Å². The van der Waals surface area contributed by atoms with E-state index in [4.69, 9.17) is 5.26 Å². The second-order valence-corrected chi connectivity index (χ2v) is 4.21. The Labute approximate surface area is 96.9 Å². The molecule has 1 rings (SSSR count). The van der Waals surface area contributed by atoms with Crippen LogP contribution < -0.4 is 5.32 Å². The molecule has 1 aliphatic heterocycles. The Morgan fingerprint density at radius 3 is 2.62 bits per heavy atom. The van der Waals surface area contributed by atoms with Gasteiger partial charge in [0.1, 0.15) is 0 Å². The molecule has 1 fully saturated rings. The number of hydrogen-bond donors (Lipinski definition) is 1. The molecule has 1 heterocycles. The number of nitriles is 1. The second kappa shape index (κ2) is 5.66. The van der Waals surface area contributed by atoms with Crippen LogP contribution in [0.3, 0.4) is 0 Å². The maximum absolute atomic E-state index is 12.1. The van der Waals surface area contributed by atoms with Crippen LogP contribution in [-0.4, -0.2) is 37.0 Å². The summed E-state index contributed by atoms with van der Waals surface area (Å²) in [7, 11) is 0. The Balaban J connectivity index is 2.66. The van der Waals surface area contributed by atoms with Gasteiger partial charge in [0.25, 0.3) is 0 Å².